The molecule has 0 aromatic carbocycles. The molecule has 0 amide bonds. The maximum Gasteiger partial charge on any atom is 0.216 e. The molecule has 6 heteroatoms. The Balaban J connectivity index is 1.99. The molecule has 0 saturated carbocycles. The zero-order valence-electron chi connectivity index (χ0n) is 9.68. The lowest BCUT2D eigenvalue weighted by molar-refractivity contribution is 0.125. The Labute approximate surface area is 97.2 Å². The maximum absolute atomic E-state index is 12.2. The molecule has 1 N–H and O–H groups in total. The highest BCUT2D eigenvalue weighted by Crippen LogP contribution is 2.18. The maximum atomic E-state index is 12.2. The van der Waals surface area contributed by atoms with E-state index in [4.69, 9.17) is 4.74 Å². The third-order valence-electron chi connectivity index (χ3n) is 3.22. The van der Waals surface area contributed by atoms with E-state index >= 15 is 0 Å². The van der Waals surface area contributed by atoms with E-state index in [-0.39, 0.29) is 17.9 Å². The van der Waals surface area contributed by atoms with Crippen LogP contribution in [0.15, 0.2) is 0 Å². The number of rotatable bonds is 3. The molecule has 16 heavy (non-hydrogen) atoms. The predicted molar refractivity (Wildman–Crippen MR) is 61.8 cm³/mol. The van der Waals surface area contributed by atoms with Gasteiger partial charge in [-0.05, 0) is 19.8 Å². The van der Waals surface area contributed by atoms with Gasteiger partial charge in [-0.3, -0.25) is 0 Å². The van der Waals surface area contributed by atoms with Crippen LogP contribution in [0.3, 0.4) is 0 Å². The highest BCUT2D eigenvalue weighted by Gasteiger charge is 2.32. The van der Waals surface area contributed by atoms with Crippen LogP contribution in [0.2, 0.25) is 0 Å². The van der Waals surface area contributed by atoms with Gasteiger partial charge in [0.2, 0.25) is 10.0 Å². The molecule has 0 aliphatic carbocycles. The fraction of sp³-hybridized carbons (Fsp3) is 1.00. The van der Waals surface area contributed by atoms with Crippen LogP contribution in [-0.4, -0.2) is 56.9 Å². The smallest absolute Gasteiger partial charge is 0.216 e. The Bertz CT molecular complexity index is 325. The molecule has 0 radical (unpaired) electrons. The minimum atomic E-state index is -3.15. The van der Waals surface area contributed by atoms with Crippen LogP contribution in [-0.2, 0) is 14.8 Å². The van der Waals surface area contributed by atoms with Gasteiger partial charge >= 0.3 is 0 Å². The van der Waals surface area contributed by atoms with Gasteiger partial charge in [-0.2, -0.15) is 4.31 Å². The number of nitrogens with one attached hydrogen (secondary N) is 1. The van der Waals surface area contributed by atoms with Gasteiger partial charge < -0.3 is 10.1 Å². The molecule has 0 bridgehead atoms. The number of hydrogen-bond acceptors (Lipinski definition) is 4. The molecule has 2 saturated heterocycles. The van der Waals surface area contributed by atoms with Crippen LogP contribution in [0.4, 0.5) is 0 Å². The fourth-order valence-electron chi connectivity index (χ4n) is 2.34. The second-order valence-corrected chi connectivity index (χ2v) is 6.54. The summed E-state index contributed by atoms with van der Waals surface area (Å²) in [5.74, 6) is 0.150. The summed E-state index contributed by atoms with van der Waals surface area (Å²) in [5.41, 5.74) is 0. The molecule has 94 valence electrons. The SMILES string of the molecule is CC1CNCCN1S(=O)(=O)CC1CCCO1. The van der Waals surface area contributed by atoms with Gasteiger partial charge in [0.25, 0.3) is 0 Å². The molecule has 0 spiro atoms. The van der Waals surface area contributed by atoms with Gasteiger partial charge in [-0.15, -0.1) is 0 Å². The summed E-state index contributed by atoms with van der Waals surface area (Å²) in [6, 6.07) is 0.0557. The third-order valence-corrected chi connectivity index (χ3v) is 5.27. The van der Waals surface area contributed by atoms with Crippen molar-refractivity contribution in [1.82, 2.24) is 9.62 Å². The third kappa shape index (κ3) is 2.74. The van der Waals surface area contributed by atoms with Gasteiger partial charge in [0, 0.05) is 32.3 Å². The molecule has 0 aromatic heterocycles. The van der Waals surface area contributed by atoms with Gasteiger partial charge in [0.05, 0.1) is 11.9 Å². The van der Waals surface area contributed by atoms with E-state index in [2.05, 4.69) is 5.32 Å². The molecule has 0 aromatic rings. The van der Waals surface area contributed by atoms with E-state index in [9.17, 15) is 8.42 Å². The molecular formula is C10H20N2O3S. The lowest BCUT2D eigenvalue weighted by atomic mass is 10.3. The molecule has 2 atom stereocenters. The Kier molecular flexibility index (Phi) is 3.84. The van der Waals surface area contributed by atoms with E-state index in [1.807, 2.05) is 6.92 Å². The molecule has 2 heterocycles. The lowest BCUT2D eigenvalue weighted by Gasteiger charge is -2.33. The van der Waals surface area contributed by atoms with Gasteiger partial charge in [0.1, 0.15) is 0 Å². The number of sulfonamides is 1. The zero-order valence-corrected chi connectivity index (χ0v) is 10.5. The highest BCUT2D eigenvalue weighted by molar-refractivity contribution is 7.89. The summed E-state index contributed by atoms with van der Waals surface area (Å²) in [5, 5.41) is 3.19. The number of ether oxygens (including phenoxy) is 1. The first-order valence-corrected chi connectivity index (χ1v) is 7.52. The van der Waals surface area contributed by atoms with E-state index in [0.29, 0.717) is 13.2 Å². The lowest BCUT2D eigenvalue weighted by Crippen LogP contribution is -2.53. The summed E-state index contributed by atoms with van der Waals surface area (Å²) in [4.78, 5) is 0. The Morgan fingerprint density at radius 1 is 1.50 bits per heavy atom. The fourth-order valence-corrected chi connectivity index (χ4v) is 4.26. The standard InChI is InChI=1S/C10H20N2O3S/c1-9-7-11-4-5-12(9)16(13,14)8-10-3-2-6-15-10/h9-11H,2-8H2,1H3. The summed E-state index contributed by atoms with van der Waals surface area (Å²) >= 11 is 0. The van der Waals surface area contributed by atoms with Crippen LogP contribution in [0.1, 0.15) is 19.8 Å². The molecule has 2 fully saturated rings. The summed E-state index contributed by atoms with van der Waals surface area (Å²) in [7, 11) is -3.15. The first-order valence-electron chi connectivity index (χ1n) is 5.91. The molecule has 2 unspecified atom stereocenters. The minimum absolute atomic E-state index is 0.0557. The van der Waals surface area contributed by atoms with Crippen LogP contribution in [0.5, 0.6) is 0 Å². The van der Waals surface area contributed by atoms with Crippen molar-refractivity contribution in [3.8, 4) is 0 Å². The van der Waals surface area contributed by atoms with Crippen molar-refractivity contribution in [2.45, 2.75) is 31.9 Å². The highest BCUT2D eigenvalue weighted by atomic mass is 32.2. The number of piperazine rings is 1. The molecule has 2 rings (SSSR count). The van der Waals surface area contributed by atoms with E-state index in [0.717, 1.165) is 25.9 Å². The van der Waals surface area contributed by atoms with Crippen molar-refractivity contribution < 1.29 is 13.2 Å². The van der Waals surface area contributed by atoms with Crippen molar-refractivity contribution >= 4 is 10.0 Å². The first kappa shape index (κ1) is 12.3. The number of hydrogen-bond donors (Lipinski definition) is 1. The van der Waals surface area contributed by atoms with E-state index in [1.54, 1.807) is 4.31 Å². The van der Waals surface area contributed by atoms with E-state index in [1.165, 1.54) is 0 Å². The largest absolute Gasteiger partial charge is 0.377 e. The van der Waals surface area contributed by atoms with Gasteiger partial charge in [-0.1, -0.05) is 0 Å². The summed E-state index contributed by atoms with van der Waals surface area (Å²) < 4.78 is 31.3. The Morgan fingerprint density at radius 2 is 2.31 bits per heavy atom. The molecular weight excluding hydrogens is 228 g/mol. The van der Waals surface area contributed by atoms with Crippen molar-refractivity contribution in [1.29, 1.82) is 0 Å². The Hall–Kier alpha value is -0.170. The van der Waals surface area contributed by atoms with Crippen LogP contribution < -0.4 is 5.32 Å². The van der Waals surface area contributed by atoms with Gasteiger partial charge in [0.15, 0.2) is 0 Å². The normalized spacial score (nSPS) is 33.1. The second kappa shape index (κ2) is 5.00. The average Bonchev–Trinajstić information content (AvgIpc) is 2.70. The topological polar surface area (TPSA) is 58.6 Å². The first-order chi connectivity index (χ1) is 7.59. The second-order valence-electron chi connectivity index (χ2n) is 4.58. The minimum Gasteiger partial charge on any atom is -0.377 e. The monoisotopic (exact) mass is 248 g/mol. The van der Waals surface area contributed by atoms with Crippen molar-refractivity contribution in [2.24, 2.45) is 0 Å². The van der Waals surface area contributed by atoms with Crippen molar-refractivity contribution in [3.05, 3.63) is 0 Å². The molecule has 5 nitrogen and oxygen atoms in total. The predicted octanol–water partition coefficient (Wildman–Crippen LogP) is -0.211. The zero-order chi connectivity index (χ0) is 11.6. The number of nitrogens with zero attached hydrogens (tertiary/aromatic N) is 1. The van der Waals surface area contributed by atoms with Gasteiger partial charge in [-0.25, -0.2) is 8.42 Å². The average molecular weight is 248 g/mol. The Morgan fingerprint density at radius 3 is 2.94 bits per heavy atom. The van der Waals surface area contributed by atoms with Crippen molar-refractivity contribution in [3.63, 3.8) is 0 Å². The molecule has 2 aliphatic heterocycles. The molecule has 2 aliphatic rings. The summed E-state index contributed by atoms with van der Waals surface area (Å²) in [6.45, 7) is 4.71. The van der Waals surface area contributed by atoms with Crippen molar-refractivity contribution in [2.75, 3.05) is 32.0 Å². The summed E-state index contributed by atoms with van der Waals surface area (Å²) in [6.07, 6.45) is 1.77. The van der Waals surface area contributed by atoms with E-state index < -0.39 is 10.0 Å². The quantitative estimate of drug-likeness (QED) is 0.751. The van der Waals surface area contributed by atoms with Crippen LogP contribution >= 0.6 is 0 Å². The van der Waals surface area contributed by atoms with Crippen LogP contribution in [0.25, 0.3) is 0 Å². The van der Waals surface area contributed by atoms with Crippen LogP contribution in [0, 0.1) is 0 Å².